The van der Waals surface area contributed by atoms with E-state index in [0.29, 0.717) is 26.1 Å². The minimum atomic E-state index is -0.785. The molecule has 0 spiro atoms. The van der Waals surface area contributed by atoms with Gasteiger partial charge < -0.3 is 20.6 Å². The summed E-state index contributed by atoms with van der Waals surface area (Å²) in [6.45, 7) is 2.98. The molecule has 3 N–H and O–H groups in total. The molecule has 1 aliphatic carbocycles. The van der Waals surface area contributed by atoms with Crippen LogP contribution in [0.15, 0.2) is 0 Å². The van der Waals surface area contributed by atoms with E-state index in [2.05, 4.69) is 10.6 Å². The molecule has 112 valence electrons. The number of nitrogens with one attached hydrogen (secondary N) is 2. The summed E-state index contributed by atoms with van der Waals surface area (Å²) in [6, 6.07) is -0.772. The van der Waals surface area contributed by atoms with E-state index in [1.54, 1.807) is 6.92 Å². The topological polar surface area (TPSA) is 98.7 Å². The monoisotopic (exact) mass is 283 g/mol. The van der Waals surface area contributed by atoms with Crippen LogP contribution in [0.25, 0.3) is 0 Å². The van der Waals surface area contributed by atoms with Crippen LogP contribution in [0.5, 0.6) is 0 Å². The van der Waals surface area contributed by atoms with Crippen molar-refractivity contribution in [3.05, 3.63) is 0 Å². The number of nitrogens with zero attached hydrogens (tertiary/aromatic N) is 1. The molecule has 0 radical (unpaired) electrons. The van der Waals surface area contributed by atoms with Crippen LogP contribution in [0.1, 0.15) is 26.2 Å². The van der Waals surface area contributed by atoms with Crippen molar-refractivity contribution in [3.63, 3.8) is 0 Å². The minimum Gasteiger partial charge on any atom is -0.481 e. The summed E-state index contributed by atoms with van der Waals surface area (Å²) < 4.78 is 0. The zero-order chi connectivity index (χ0) is 14.7. The lowest BCUT2D eigenvalue weighted by Gasteiger charge is -2.33. The molecule has 2 fully saturated rings. The number of piperazine rings is 1. The highest BCUT2D eigenvalue weighted by atomic mass is 16.4. The van der Waals surface area contributed by atoms with Gasteiger partial charge in [0.15, 0.2) is 0 Å². The maximum Gasteiger partial charge on any atom is 0.318 e. The van der Waals surface area contributed by atoms with E-state index < -0.39 is 12.0 Å². The number of carbonyl (C=O) groups excluding carboxylic acids is 2. The zero-order valence-electron chi connectivity index (χ0n) is 11.6. The highest BCUT2D eigenvalue weighted by Crippen LogP contribution is 2.31. The van der Waals surface area contributed by atoms with Crippen molar-refractivity contribution in [2.75, 3.05) is 19.6 Å². The molecule has 20 heavy (non-hydrogen) atoms. The third-order valence-corrected chi connectivity index (χ3v) is 4.25. The maximum absolute atomic E-state index is 12.1. The number of hydrogen-bond donors (Lipinski definition) is 3. The van der Waals surface area contributed by atoms with Gasteiger partial charge in [-0.25, -0.2) is 4.79 Å². The molecule has 0 aromatic carbocycles. The van der Waals surface area contributed by atoms with Crippen LogP contribution in [0.3, 0.4) is 0 Å². The first-order chi connectivity index (χ1) is 9.50. The second-order valence-corrected chi connectivity index (χ2v) is 5.48. The average molecular weight is 283 g/mol. The number of rotatable bonds is 3. The van der Waals surface area contributed by atoms with Crippen molar-refractivity contribution >= 4 is 17.9 Å². The molecule has 0 bridgehead atoms. The van der Waals surface area contributed by atoms with Crippen LogP contribution in [-0.4, -0.2) is 53.6 Å². The third kappa shape index (κ3) is 3.02. The Morgan fingerprint density at radius 1 is 1.45 bits per heavy atom. The standard InChI is InChI=1S/C13H21N3O4/c1-8-11(17)14-5-6-16(8)13(20)15-7-9-3-2-4-10(9)12(18)19/h8-10H,2-7H2,1H3,(H,14,17)(H,15,20)(H,18,19). The van der Waals surface area contributed by atoms with E-state index in [0.717, 1.165) is 12.8 Å². The number of carboxylic acid groups (broad SMARTS) is 1. The minimum absolute atomic E-state index is 0.00891. The second kappa shape index (κ2) is 6.11. The predicted molar refractivity (Wildman–Crippen MR) is 71.0 cm³/mol. The van der Waals surface area contributed by atoms with E-state index in [1.165, 1.54) is 4.90 Å². The van der Waals surface area contributed by atoms with E-state index >= 15 is 0 Å². The Morgan fingerprint density at radius 2 is 2.20 bits per heavy atom. The van der Waals surface area contributed by atoms with Crippen molar-refractivity contribution in [2.45, 2.75) is 32.2 Å². The fourth-order valence-electron chi connectivity index (χ4n) is 2.99. The fraction of sp³-hybridized carbons (Fsp3) is 0.769. The van der Waals surface area contributed by atoms with E-state index in [4.69, 9.17) is 5.11 Å². The number of aliphatic carboxylic acids is 1. The lowest BCUT2D eigenvalue weighted by Crippen LogP contribution is -2.58. The van der Waals surface area contributed by atoms with Crippen LogP contribution in [0, 0.1) is 11.8 Å². The van der Waals surface area contributed by atoms with Crippen LogP contribution in [-0.2, 0) is 9.59 Å². The second-order valence-electron chi connectivity index (χ2n) is 5.48. The molecule has 7 heteroatoms. The highest BCUT2D eigenvalue weighted by Gasteiger charge is 2.34. The Labute approximate surface area is 117 Å². The number of carbonyl (C=O) groups is 3. The molecule has 2 rings (SSSR count). The van der Waals surface area contributed by atoms with E-state index in [-0.39, 0.29) is 23.8 Å². The van der Waals surface area contributed by atoms with Crippen molar-refractivity contribution in [1.82, 2.24) is 15.5 Å². The summed E-state index contributed by atoms with van der Waals surface area (Å²) in [5, 5.41) is 14.6. The van der Waals surface area contributed by atoms with Gasteiger partial charge in [0.2, 0.25) is 5.91 Å². The van der Waals surface area contributed by atoms with E-state index in [9.17, 15) is 14.4 Å². The van der Waals surface area contributed by atoms with Gasteiger partial charge in [-0.2, -0.15) is 0 Å². The third-order valence-electron chi connectivity index (χ3n) is 4.25. The van der Waals surface area contributed by atoms with Crippen molar-refractivity contribution in [3.8, 4) is 0 Å². The SMILES string of the molecule is CC1C(=O)NCCN1C(=O)NCC1CCCC1C(=O)O. The predicted octanol–water partition coefficient (Wildman–Crippen LogP) is 0.0172. The van der Waals surface area contributed by atoms with Gasteiger partial charge >= 0.3 is 12.0 Å². The Balaban J connectivity index is 1.85. The molecule has 1 aliphatic heterocycles. The van der Waals surface area contributed by atoms with Crippen molar-refractivity contribution in [1.29, 1.82) is 0 Å². The first-order valence-electron chi connectivity index (χ1n) is 7.05. The molecule has 3 amide bonds. The lowest BCUT2D eigenvalue weighted by atomic mass is 9.96. The fourth-order valence-corrected chi connectivity index (χ4v) is 2.99. The quantitative estimate of drug-likeness (QED) is 0.680. The van der Waals surface area contributed by atoms with Crippen LogP contribution >= 0.6 is 0 Å². The lowest BCUT2D eigenvalue weighted by molar-refractivity contribution is -0.142. The molecule has 2 aliphatic rings. The van der Waals surface area contributed by atoms with Crippen molar-refractivity contribution < 1.29 is 19.5 Å². The number of amides is 3. The van der Waals surface area contributed by atoms with Crippen LogP contribution < -0.4 is 10.6 Å². The molecule has 7 nitrogen and oxygen atoms in total. The van der Waals surface area contributed by atoms with Gasteiger partial charge in [0.25, 0.3) is 0 Å². The van der Waals surface area contributed by atoms with Gasteiger partial charge in [-0.3, -0.25) is 9.59 Å². The largest absolute Gasteiger partial charge is 0.481 e. The van der Waals surface area contributed by atoms with Gasteiger partial charge in [-0.05, 0) is 25.7 Å². The normalized spacial score (nSPS) is 29.9. The van der Waals surface area contributed by atoms with Gasteiger partial charge in [-0.15, -0.1) is 0 Å². The van der Waals surface area contributed by atoms with E-state index in [1.807, 2.05) is 0 Å². The van der Waals surface area contributed by atoms with Crippen molar-refractivity contribution in [2.24, 2.45) is 11.8 Å². The summed E-state index contributed by atoms with van der Waals surface area (Å²) in [5.41, 5.74) is 0. The molecule has 0 aromatic rings. The molecule has 0 aromatic heterocycles. The number of hydrogen-bond acceptors (Lipinski definition) is 3. The summed E-state index contributed by atoms with van der Waals surface area (Å²) in [6.07, 6.45) is 2.39. The van der Waals surface area contributed by atoms with Gasteiger partial charge in [0, 0.05) is 19.6 Å². The summed E-state index contributed by atoms with van der Waals surface area (Å²) in [7, 11) is 0. The first kappa shape index (κ1) is 14.6. The van der Waals surface area contributed by atoms with Gasteiger partial charge in [-0.1, -0.05) is 6.42 Å². The van der Waals surface area contributed by atoms with Crippen LogP contribution in [0.2, 0.25) is 0 Å². The highest BCUT2D eigenvalue weighted by molar-refractivity contribution is 5.87. The zero-order valence-corrected chi connectivity index (χ0v) is 11.6. The smallest absolute Gasteiger partial charge is 0.318 e. The summed E-state index contributed by atoms with van der Waals surface area (Å²) >= 11 is 0. The summed E-state index contributed by atoms with van der Waals surface area (Å²) in [5.74, 6) is -1.31. The average Bonchev–Trinajstić information content (AvgIpc) is 2.87. The Bertz CT molecular complexity index is 412. The Hall–Kier alpha value is -1.79. The maximum atomic E-state index is 12.1. The number of urea groups is 1. The molecule has 1 saturated carbocycles. The summed E-state index contributed by atoms with van der Waals surface area (Å²) in [4.78, 5) is 36.1. The molecule has 1 heterocycles. The molecule has 3 atom stereocenters. The molecular weight excluding hydrogens is 262 g/mol. The van der Waals surface area contributed by atoms with Gasteiger partial charge in [0.05, 0.1) is 5.92 Å². The Kier molecular flexibility index (Phi) is 4.46. The molecule has 3 unspecified atom stereocenters. The Morgan fingerprint density at radius 3 is 2.90 bits per heavy atom. The van der Waals surface area contributed by atoms with Crippen LogP contribution in [0.4, 0.5) is 4.79 Å². The molecule has 1 saturated heterocycles. The first-order valence-corrected chi connectivity index (χ1v) is 7.05. The van der Waals surface area contributed by atoms with Gasteiger partial charge in [0.1, 0.15) is 6.04 Å². The molecular formula is C13H21N3O4. The number of carboxylic acids is 1.